The first-order chi connectivity index (χ1) is 19.4. The van der Waals surface area contributed by atoms with Gasteiger partial charge in [-0.05, 0) is 53.6 Å². The van der Waals surface area contributed by atoms with Crippen LogP contribution in [0, 0.1) is 11.8 Å². The van der Waals surface area contributed by atoms with Crippen molar-refractivity contribution >= 4 is 23.5 Å². The van der Waals surface area contributed by atoms with Crippen LogP contribution in [0.5, 0.6) is 5.75 Å². The molecule has 3 aromatic carbocycles. The number of anilines is 1. The van der Waals surface area contributed by atoms with Gasteiger partial charge in [0.25, 0.3) is 0 Å². The van der Waals surface area contributed by atoms with Crippen LogP contribution in [0.2, 0.25) is 0 Å². The highest BCUT2D eigenvalue weighted by Crippen LogP contribution is 2.51. The van der Waals surface area contributed by atoms with Gasteiger partial charge in [0.05, 0.1) is 24.1 Å². The van der Waals surface area contributed by atoms with Crippen molar-refractivity contribution in [1.29, 1.82) is 0 Å². The van der Waals surface area contributed by atoms with Gasteiger partial charge in [-0.25, -0.2) is 4.90 Å². The zero-order valence-electron chi connectivity index (χ0n) is 23.2. The molecule has 5 rings (SSSR count). The summed E-state index contributed by atoms with van der Waals surface area (Å²) in [7, 11) is 0. The highest BCUT2D eigenvalue weighted by atomic mass is 16.5. The lowest BCUT2D eigenvalue weighted by Gasteiger charge is -2.32. The summed E-state index contributed by atoms with van der Waals surface area (Å²) in [6.45, 7) is 6.61. The Morgan fingerprint density at radius 3 is 2.12 bits per heavy atom. The normalized spacial score (nSPS) is 23.9. The number of carboxylic acids is 1. The molecule has 2 aliphatic heterocycles. The molecule has 2 heterocycles. The summed E-state index contributed by atoms with van der Waals surface area (Å²) in [4.78, 5) is 43.2. The Hall–Kier alpha value is -3.97. The molecule has 2 fully saturated rings. The van der Waals surface area contributed by atoms with E-state index < -0.39 is 35.3 Å². The van der Waals surface area contributed by atoms with Crippen LogP contribution in [0.4, 0.5) is 5.69 Å². The Labute approximate surface area is 235 Å². The van der Waals surface area contributed by atoms with Gasteiger partial charge in [-0.3, -0.25) is 19.7 Å². The number of hydrogen-bond donors (Lipinski definition) is 2. The molecule has 3 aromatic rings. The van der Waals surface area contributed by atoms with E-state index in [0.29, 0.717) is 30.9 Å². The van der Waals surface area contributed by atoms with Crippen LogP contribution in [0.15, 0.2) is 72.8 Å². The summed E-state index contributed by atoms with van der Waals surface area (Å²) >= 11 is 0. The number of carbonyl (C=O) groups excluding carboxylic acids is 2. The molecule has 0 aliphatic carbocycles. The van der Waals surface area contributed by atoms with Gasteiger partial charge in [-0.2, -0.15) is 0 Å². The van der Waals surface area contributed by atoms with Crippen LogP contribution >= 0.6 is 0 Å². The van der Waals surface area contributed by atoms with Crippen molar-refractivity contribution in [2.45, 2.75) is 58.0 Å². The van der Waals surface area contributed by atoms with E-state index >= 15 is 0 Å². The number of nitrogens with zero attached hydrogens (tertiary/aromatic N) is 1. The van der Waals surface area contributed by atoms with E-state index in [1.165, 1.54) is 4.90 Å². The van der Waals surface area contributed by atoms with Crippen LogP contribution < -0.4 is 15.0 Å². The predicted molar refractivity (Wildman–Crippen MR) is 153 cm³/mol. The van der Waals surface area contributed by atoms with Gasteiger partial charge in [0.1, 0.15) is 11.3 Å². The fourth-order valence-corrected chi connectivity index (χ4v) is 6.36. The molecule has 2 amide bonds. The Morgan fingerprint density at radius 2 is 1.55 bits per heavy atom. The molecule has 7 nitrogen and oxygen atoms in total. The monoisotopic (exact) mass is 540 g/mol. The molecule has 40 heavy (non-hydrogen) atoms. The molecule has 0 aromatic heterocycles. The second-order valence-corrected chi connectivity index (χ2v) is 10.6. The molecule has 0 bridgehead atoms. The number of ether oxygens (including phenoxy) is 1. The number of aliphatic carboxylic acids is 1. The number of fused-ring (bicyclic) bond motifs is 1. The summed E-state index contributed by atoms with van der Waals surface area (Å²) < 4.78 is 5.74. The molecule has 208 valence electrons. The van der Waals surface area contributed by atoms with E-state index in [1.807, 2.05) is 93.6 Å². The number of nitrogens with one attached hydrogen (secondary N) is 1. The third-order valence-electron chi connectivity index (χ3n) is 8.26. The minimum Gasteiger partial charge on any atom is -0.494 e. The minimum atomic E-state index is -1.66. The lowest BCUT2D eigenvalue weighted by atomic mass is 9.76. The second-order valence-electron chi connectivity index (χ2n) is 10.6. The van der Waals surface area contributed by atoms with Crippen LogP contribution in [0.3, 0.4) is 0 Å². The van der Waals surface area contributed by atoms with Crippen molar-refractivity contribution in [2.24, 2.45) is 11.8 Å². The van der Waals surface area contributed by atoms with Crippen LogP contribution in [-0.4, -0.2) is 35.0 Å². The maximum Gasteiger partial charge on any atom is 0.325 e. The Kier molecular flexibility index (Phi) is 7.76. The highest BCUT2D eigenvalue weighted by Gasteiger charge is 2.68. The number of aryl methyl sites for hydroxylation is 2. The fraction of sp³-hybridized carbons (Fsp3) is 0.364. The van der Waals surface area contributed by atoms with Gasteiger partial charge in [-0.1, -0.05) is 81.4 Å². The first-order valence-corrected chi connectivity index (χ1v) is 14.1. The first-order valence-electron chi connectivity index (χ1n) is 14.1. The third-order valence-corrected chi connectivity index (χ3v) is 8.26. The van der Waals surface area contributed by atoms with Crippen molar-refractivity contribution in [2.75, 3.05) is 11.5 Å². The topological polar surface area (TPSA) is 95.9 Å². The second kappa shape index (κ2) is 11.3. The standard InChI is InChI=1S/C33H36N2O5/c1-4-19-40-25-17-15-24(16-18-25)28-26-27(33(34-28,32(38)39)20-21-11-8-7-9-12-21)31(37)35(30(26)36)29-22(5-2)13-10-14-23(29)6-3/h7-18,26-28,34H,4-6,19-20H2,1-3H3,(H,38,39). The lowest BCUT2D eigenvalue weighted by Crippen LogP contribution is -2.57. The molecule has 2 N–H and O–H groups in total. The molecular weight excluding hydrogens is 504 g/mol. The van der Waals surface area contributed by atoms with Crippen molar-refractivity contribution in [3.63, 3.8) is 0 Å². The number of carboxylic acid groups (broad SMARTS) is 1. The Bertz CT molecular complexity index is 1380. The van der Waals surface area contributed by atoms with Crippen LogP contribution in [0.1, 0.15) is 55.5 Å². The number of hydrogen-bond acceptors (Lipinski definition) is 5. The van der Waals surface area contributed by atoms with E-state index in [0.717, 1.165) is 28.7 Å². The smallest absolute Gasteiger partial charge is 0.325 e. The van der Waals surface area contributed by atoms with E-state index in [4.69, 9.17) is 4.74 Å². The molecule has 2 aliphatic rings. The van der Waals surface area contributed by atoms with E-state index in [1.54, 1.807) is 0 Å². The highest BCUT2D eigenvalue weighted by molar-refractivity contribution is 6.25. The van der Waals surface area contributed by atoms with Gasteiger partial charge in [0.15, 0.2) is 0 Å². The fourth-order valence-electron chi connectivity index (χ4n) is 6.36. The van der Waals surface area contributed by atoms with Crippen LogP contribution in [0.25, 0.3) is 0 Å². The molecule has 0 spiro atoms. The van der Waals surface area contributed by atoms with Gasteiger partial charge < -0.3 is 9.84 Å². The summed E-state index contributed by atoms with van der Waals surface area (Å²) in [6, 6.07) is 21.8. The Morgan fingerprint density at radius 1 is 0.900 bits per heavy atom. The van der Waals surface area contributed by atoms with Gasteiger partial charge in [0.2, 0.25) is 11.8 Å². The molecule has 7 heteroatoms. The molecule has 2 saturated heterocycles. The molecular formula is C33H36N2O5. The largest absolute Gasteiger partial charge is 0.494 e. The number of rotatable bonds is 10. The summed E-state index contributed by atoms with van der Waals surface area (Å²) in [5.41, 5.74) is 2.26. The van der Waals surface area contributed by atoms with Crippen molar-refractivity contribution < 1.29 is 24.2 Å². The molecule has 0 saturated carbocycles. The summed E-state index contributed by atoms with van der Waals surface area (Å²) in [5.74, 6) is -3.20. The van der Waals surface area contributed by atoms with Crippen molar-refractivity contribution in [3.8, 4) is 5.75 Å². The average molecular weight is 541 g/mol. The molecule has 4 atom stereocenters. The Balaban J connectivity index is 1.65. The van der Waals surface area contributed by atoms with E-state index in [2.05, 4.69) is 5.32 Å². The average Bonchev–Trinajstić information content (AvgIpc) is 3.45. The lowest BCUT2D eigenvalue weighted by molar-refractivity contribution is -0.148. The maximum absolute atomic E-state index is 14.4. The number of amides is 2. The zero-order valence-corrected chi connectivity index (χ0v) is 23.2. The SMILES string of the molecule is CCCOc1ccc(C2NC(Cc3ccccc3)(C(=O)O)C3C(=O)N(c4c(CC)cccc4CC)C(=O)C23)cc1. The first kappa shape index (κ1) is 27.6. The molecule has 4 unspecified atom stereocenters. The number of imide groups is 1. The zero-order chi connectivity index (χ0) is 28.4. The number of benzene rings is 3. The summed E-state index contributed by atoms with van der Waals surface area (Å²) in [5, 5.41) is 14.1. The van der Waals surface area contributed by atoms with Gasteiger partial charge in [-0.15, -0.1) is 0 Å². The van der Waals surface area contributed by atoms with Crippen LogP contribution in [-0.2, 0) is 33.6 Å². The van der Waals surface area contributed by atoms with Crippen molar-refractivity contribution in [3.05, 3.63) is 95.1 Å². The minimum absolute atomic E-state index is 0.0709. The molecule has 0 radical (unpaired) electrons. The number of carbonyl (C=O) groups is 3. The summed E-state index contributed by atoms with van der Waals surface area (Å²) in [6.07, 6.45) is 2.23. The quantitative estimate of drug-likeness (QED) is 0.347. The number of para-hydroxylation sites is 1. The van der Waals surface area contributed by atoms with Gasteiger partial charge in [0, 0.05) is 12.5 Å². The maximum atomic E-state index is 14.4. The predicted octanol–water partition coefficient (Wildman–Crippen LogP) is 5.12. The van der Waals surface area contributed by atoms with E-state index in [-0.39, 0.29) is 12.3 Å². The van der Waals surface area contributed by atoms with E-state index in [9.17, 15) is 19.5 Å². The van der Waals surface area contributed by atoms with Crippen molar-refractivity contribution in [1.82, 2.24) is 5.32 Å². The van der Waals surface area contributed by atoms with Gasteiger partial charge >= 0.3 is 5.97 Å². The third kappa shape index (κ3) is 4.58.